The molecule has 0 aliphatic heterocycles. The zero-order valence-electron chi connectivity index (χ0n) is 15.8. The van der Waals surface area contributed by atoms with E-state index in [9.17, 15) is 26.3 Å². The summed E-state index contributed by atoms with van der Waals surface area (Å²) in [5.41, 5.74) is 0. The monoisotopic (exact) mass is 638 g/mol. The SMILES string of the molecule is CCCO.CCCO.CCCO.F[C](F)(F)[GeH][C](F)(F)F.[Hf].c1cc[cH-]c1. The minimum Gasteiger partial charge on any atom is -0.214 e. The first-order valence-corrected chi connectivity index (χ1v) is 10.4. The Bertz CT molecular complexity index is 278. The van der Waals surface area contributed by atoms with Gasteiger partial charge in [0, 0.05) is 45.7 Å². The molecule has 1 aromatic rings. The minimum atomic E-state index is -4.98. The van der Waals surface area contributed by atoms with E-state index in [4.69, 9.17) is 15.3 Å². The van der Waals surface area contributed by atoms with E-state index in [2.05, 4.69) is 0 Å². The Balaban J connectivity index is -0.0000000780. The van der Waals surface area contributed by atoms with Crippen LogP contribution in [0.2, 0.25) is 0 Å². The topological polar surface area (TPSA) is 60.7 Å². The maximum atomic E-state index is 10.9. The molecule has 0 aliphatic rings. The third kappa shape index (κ3) is 76.1. The molecule has 3 nitrogen and oxygen atoms in total. The quantitative estimate of drug-likeness (QED) is 0.267. The van der Waals surface area contributed by atoms with Crippen LogP contribution < -0.4 is 0 Å². The Morgan fingerprint density at radius 1 is 0.704 bits per heavy atom. The fourth-order valence-corrected chi connectivity index (χ4v) is 1.29. The van der Waals surface area contributed by atoms with Gasteiger partial charge in [0.05, 0.1) is 0 Å². The van der Waals surface area contributed by atoms with Gasteiger partial charge in [0.2, 0.25) is 0 Å². The molecule has 0 fully saturated rings. The second-order valence-electron chi connectivity index (χ2n) is 4.36. The van der Waals surface area contributed by atoms with Gasteiger partial charge in [-0.15, -0.1) is 0 Å². The Morgan fingerprint density at radius 2 is 0.926 bits per heavy atom. The standard InChI is InChI=1S/C5H5.3C3H8O.C2HF6Ge.Hf/c1-2-4-5-3-1;3*1-2-3-4;3-1(4,5)9-2(6,7)8;/h1-5H;3*4H,2-3H2,1H3;9H;/q-1;;;;;. The Kier molecular flexibility index (Phi) is 39.9. The second-order valence-corrected chi connectivity index (χ2v) is 7.71. The molecule has 0 bridgehead atoms. The third-order valence-electron chi connectivity index (χ3n) is 1.55. The molecule has 3 N–H and O–H groups in total. The van der Waals surface area contributed by atoms with Crippen molar-refractivity contribution in [3.63, 3.8) is 0 Å². The molecule has 1 aromatic carbocycles. The number of hydrogen-bond acceptors (Lipinski definition) is 3. The number of hydrogen-bond donors (Lipinski definition) is 3. The fourth-order valence-electron chi connectivity index (χ4n) is 0.506. The summed E-state index contributed by atoms with van der Waals surface area (Å²) in [6, 6.07) is 10.0. The average Bonchev–Trinajstić information content (AvgIpc) is 3.12. The van der Waals surface area contributed by atoms with Crippen LogP contribution >= 0.6 is 0 Å². The first kappa shape index (κ1) is 37.9. The predicted molar refractivity (Wildman–Crippen MR) is 93.4 cm³/mol. The number of aliphatic hydroxyl groups is 3. The van der Waals surface area contributed by atoms with E-state index in [0.29, 0.717) is 19.8 Å². The van der Waals surface area contributed by atoms with Crippen molar-refractivity contribution in [3.05, 3.63) is 30.3 Å². The molecule has 0 spiro atoms. The smallest absolute Gasteiger partial charge is 0 e. The molecule has 0 atom stereocenters. The van der Waals surface area contributed by atoms with Crippen molar-refractivity contribution in [2.75, 3.05) is 19.8 Å². The molecular weight excluding hydrogens is 605 g/mol. The Hall–Kier alpha value is 0.223. The van der Waals surface area contributed by atoms with Crippen molar-refractivity contribution < 1.29 is 67.5 Å². The molecular formula is C16H30F6GeHfO3-. The van der Waals surface area contributed by atoms with E-state index in [1.54, 1.807) is 0 Å². The average molecular weight is 636 g/mol. The van der Waals surface area contributed by atoms with Crippen molar-refractivity contribution in [3.8, 4) is 0 Å². The molecule has 163 valence electrons. The molecule has 1 rings (SSSR count). The summed E-state index contributed by atoms with van der Waals surface area (Å²) in [6.07, 6.45) is 2.62. The molecule has 0 aromatic heterocycles. The maximum Gasteiger partial charge on any atom is 0 e. The van der Waals surface area contributed by atoms with E-state index in [1.165, 1.54) is 0 Å². The van der Waals surface area contributed by atoms with Crippen molar-refractivity contribution >= 4 is 15.4 Å². The summed E-state index contributed by atoms with van der Waals surface area (Å²) in [6.45, 7) is 6.75. The van der Waals surface area contributed by atoms with E-state index in [1.807, 2.05) is 51.1 Å². The van der Waals surface area contributed by atoms with Crippen LogP contribution in [0, 0.1) is 0 Å². The predicted octanol–water partition coefficient (Wildman–Crippen LogP) is 4.03. The van der Waals surface area contributed by atoms with E-state index in [-0.39, 0.29) is 25.8 Å². The van der Waals surface area contributed by atoms with Gasteiger partial charge < -0.3 is 15.3 Å². The molecule has 0 saturated carbocycles. The minimum absolute atomic E-state index is 0. The van der Waals surface area contributed by atoms with Gasteiger partial charge in [-0.25, -0.2) is 12.1 Å². The molecule has 27 heavy (non-hydrogen) atoms. The van der Waals surface area contributed by atoms with E-state index < -0.39 is 25.4 Å². The molecule has 0 saturated heterocycles. The van der Waals surface area contributed by atoms with Crippen LogP contribution in [0.1, 0.15) is 40.0 Å². The van der Waals surface area contributed by atoms with Gasteiger partial charge in [0.15, 0.2) is 0 Å². The fraction of sp³-hybridized carbons (Fsp3) is 0.688. The number of halogens is 6. The summed E-state index contributed by atoms with van der Waals surface area (Å²) >= 11 is -4.06. The van der Waals surface area contributed by atoms with Crippen LogP contribution in [-0.2, 0) is 25.8 Å². The first-order chi connectivity index (χ1) is 11.9. The van der Waals surface area contributed by atoms with Crippen molar-refractivity contribution in [1.82, 2.24) is 0 Å². The number of aliphatic hydroxyl groups excluding tert-OH is 3. The second kappa shape index (κ2) is 28.4. The number of alkyl halides is 6. The van der Waals surface area contributed by atoms with Crippen LogP contribution in [0.3, 0.4) is 0 Å². The zero-order valence-corrected chi connectivity index (χ0v) is 21.8. The van der Waals surface area contributed by atoms with Crippen LogP contribution in [0.4, 0.5) is 26.3 Å². The molecule has 1 radical (unpaired) electrons. The number of rotatable bonds is 3. The first-order valence-electron chi connectivity index (χ1n) is 7.95. The van der Waals surface area contributed by atoms with Crippen LogP contribution in [-0.4, -0.2) is 60.6 Å². The van der Waals surface area contributed by atoms with E-state index >= 15 is 0 Å². The summed E-state index contributed by atoms with van der Waals surface area (Å²) in [4.78, 5) is 0. The molecule has 0 amide bonds. The van der Waals surface area contributed by atoms with Crippen molar-refractivity contribution in [2.45, 2.75) is 50.1 Å². The maximum absolute atomic E-state index is 10.9. The Labute approximate surface area is 182 Å². The summed E-state index contributed by atoms with van der Waals surface area (Å²) in [5.74, 6) is 0. The molecule has 11 heteroatoms. The molecule has 0 unspecified atom stereocenters. The van der Waals surface area contributed by atoms with Crippen molar-refractivity contribution in [2.24, 2.45) is 0 Å². The summed E-state index contributed by atoms with van der Waals surface area (Å²) in [7, 11) is 0. The largest absolute Gasteiger partial charge is 0.214 e. The van der Waals surface area contributed by atoms with E-state index in [0.717, 1.165) is 19.3 Å². The van der Waals surface area contributed by atoms with Gasteiger partial charge >= 0.3 is 51.8 Å². The van der Waals surface area contributed by atoms with Gasteiger partial charge in [0.1, 0.15) is 0 Å². The van der Waals surface area contributed by atoms with Gasteiger partial charge in [-0.2, -0.15) is 18.2 Å². The van der Waals surface area contributed by atoms with Gasteiger partial charge in [0.25, 0.3) is 0 Å². The zero-order chi connectivity index (χ0) is 21.5. The van der Waals surface area contributed by atoms with Gasteiger partial charge in [-0.1, -0.05) is 20.8 Å². The summed E-state index contributed by atoms with van der Waals surface area (Å²) < 4.78 is 65.4. The van der Waals surface area contributed by atoms with Gasteiger partial charge in [-0.3, -0.25) is 0 Å². The third-order valence-corrected chi connectivity index (χ3v) is 2.93. The normalized spacial score (nSPS) is 9.48. The Morgan fingerprint density at radius 3 is 0.963 bits per heavy atom. The summed E-state index contributed by atoms with van der Waals surface area (Å²) in [5, 5.41) is 13.7. The molecule has 0 aliphatic carbocycles. The van der Waals surface area contributed by atoms with Crippen LogP contribution in [0.15, 0.2) is 30.3 Å². The van der Waals surface area contributed by atoms with Gasteiger partial charge in [-0.05, 0) is 19.3 Å². The van der Waals surface area contributed by atoms with Crippen LogP contribution in [0.25, 0.3) is 0 Å². The molecule has 0 heterocycles. The van der Waals surface area contributed by atoms with Crippen LogP contribution in [0.5, 0.6) is 0 Å². The van der Waals surface area contributed by atoms with Crippen molar-refractivity contribution in [1.29, 1.82) is 0 Å².